The molecule has 5 nitrogen and oxygen atoms in total. The predicted octanol–water partition coefficient (Wildman–Crippen LogP) is 6.28. The van der Waals surface area contributed by atoms with Crippen LogP contribution >= 0.6 is 11.8 Å². The number of hydrogen-bond donors (Lipinski definition) is 0. The number of amides is 1. The third kappa shape index (κ3) is 4.07. The summed E-state index contributed by atoms with van der Waals surface area (Å²) in [4.78, 5) is 19.3. The summed E-state index contributed by atoms with van der Waals surface area (Å²) in [6, 6.07) is 19.9. The molecule has 0 aliphatic heterocycles. The lowest BCUT2D eigenvalue weighted by molar-refractivity contribution is 0.0989. The molecule has 4 aromatic rings. The Morgan fingerprint density at radius 1 is 1.06 bits per heavy atom. The van der Waals surface area contributed by atoms with Crippen molar-refractivity contribution in [3.05, 3.63) is 83.6 Å². The van der Waals surface area contributed by atoms with E-state index >= 15 is 0 Å². The fourth-order valence-corrected chi connectivity index (χ4v) is 5.05. The van der Waals surface area contributed by atoms with Gasteiger partial charge in [0.25, 0.3) is 5.91 Å². The Hall–Kier alpha value is -3.38. The molecule has 0 bridgehead atoms. The number of nitrogens with zero attached hydrogens (tertiary/aromatic N) is 3. The molecule has 0 radical (unpaired) electrons. The largest absolute Gasteiger partial charge is 0.355 e. The lowest BCUT2D eigenvalue weighted by atomic mass is 9.88. The summed E-state index contributed by atoms with van der Waals surface area (Å²) in [5, 5.41) is 5.16. The molecule has 1 aliphatic rings. The van der Waals surface area contributed by atoms with Gasteiger partial charge >= 0.3 is 0 Å². The van der Waals surface area contributed by atoms with E-state index in [2.05, 4.69) is 35.3 Å². The van der Waals surface area contributed by atoms with E-state index in [4.69, 9.17) is 4.52 Å². The van der Waals surface area contributed by atoms with Crippen molar-refractivity contribution in [2.75, 3.05) is 17.7 Å². The van der Waals surface area contributed by atoms with Crippen LogP contribution in [-0.4, -0.2) is 28.8 Å². The zero-order chi connectivity index (χ0) is 22.8. The third-order valence-corrected chi connectivity index (χ3v) is 7.18. The smallest absolute Gasteiger partial charge is 0.260 e. The quantitative estimate of drug-likeness (QED) is 0.320. The highest BCUT2D eigenvalue weighted by Gasteiger charge is 2.25. The molecular weight excluding hydrogens is 430 g/mol. The summed E-state index contributed by atoms with van der Waals surface area (Å²) in [6.07, 6.45) is 4.66. The second-order valence-electron chi connectivity index (χ2n) is 8.11. The molecular formula is C27H25N3O2S. The number of anilines is 1. The Balaban J connectivity index is 1.39. The Morgan fingerprint density at radius 3 is 2.70 bits per heavy atom. The van der Waals surface area contributed by atoms with E-state index < -0.39 is 0 Å². The number of benzene rings is 2. The molecule has 166 valence electrons. The number of rotatable bonds is 6. The highest BCUT2D eigenvalue weighted by Crippen LogP contribution is 2.38. The molecule has 0 N–H and O–H groups in total. The molecule has 0 spiro atoms. The Morgan fingerprint density at radius 2 is 1.88 bits per heavy atom. The maximum absolute atomic E-state index is 13.2. The van der Waals surface area contributed by atoms with Crippen LogP contribution in [0.3, 0.4) is 0 Å². The molecule has 0 atom stereocenters. The number of carbonyl (C=O) groups excluding carboxylic acids is 1. The third-order valence-electron chi connectivity index (χ3n) is 5.97. The fourth-order valence-electron chi connectivity index (χ4n) is 4.21. The standard InChI is InChI=1S/C27H25N3O2S/c1-3-17-33-26-23(9-6-16-28-26)27(31)30(2)20-13-10-19(11-14-20)25-22-15-12-18-7-4-5-8-21(18)24(22)29-32-25/h4-11,13-14,16H,3,12,15,17H2,1-2H3. The normalized spacial score (nSPS) is 12.2. The Labute approximate surface area is 197 Å². The van der Waals surface area contributed by atoms with Crippen LogP contribution in [0.1, 0.15) is 34.8 Å². The minimum absolute atomic E-state index is 0.0666. The van der Waals surface area contributed by atoms with Crippen LogP contribution in [0.15, 0.2) is 76.4 Å². The number of aromatic nitrogens is 2. The topological polar surface area (TPSA) is 59.2 Å². The number of thioether (sulfide) groups is 1. The molecule has 6 heteroatoms. The average Bonchev–Trinajstić information content (AvgIpc) is 3.31. The zero-order valence-electron chi connectivity index (χ0n) is 18.7. The minimum Gasteiger partial charge on any atom is -0.355 e. The first-order valence-corrected chi connectivity index (χ1v) is 12.2. The maximum atomic E-state index is 13.2. The van der Waals surface area contributed by atoms with Gasteiger partial charge < -0.3 is 9.42 Å². The van der Waals surface area contributed by atoms with Gasteiger partial charge in [-0.3, -0.25) is 4.79 Å². The Kier molecular flexibility index (Phi) is 6.01. The van der Waals surface area contributed by atoms with E-state index in [0.29, 0.717) is 5.56 Å². The molecule has 0 fully saturated rings. The van der Waals surface area contributed by atoms with E-state index in [0.717, 1.165) is 63.9 Å². The van der Waals surface area contributed by atoms with Gasteiger partial charge in [-0.2, -0.15) is 0 Å². The summed E-state index contributed by atoms with van der Waals surface area (Å²) < 4.78 is 5.79. The monoisotopic (exact) mass is 455 g/mol. The van der Waals surface area contributed by atoms with Crippen LogP contribution in [0.4, 0.5) is 5.69 Å². The van der Waals surface area contributed by atoms with Gasteiger partial charge in [-0.05, 0) is 67.0 Å². The van der Waals surface area contributed by atoms with Crippen molar-refractivity contribution in [1.29, 1.82) is 0 Å². The lowest BCUT2D eigenvalue weighted by Crippen LogP contribution is -2.26. The average molecular weight is 456 g/mol. The van der Waals surface area contributed by atoms with Crippen LogP contribution in [0.2, 0.25) is 0 Å². The van der Waals surface area contributed by atoms with Gasteiger partial charge in [0.2, 0.25) is 0 Å². The van der Waals surface area contributed by atoms with Crippen molar-refractivity contribution in [3.63, 3.8) is 0 Å². The highest BCUT2D eigenvalue weighted by molar-refractivity contribution is 7.99. The van der Waals surface area contributed by atoms with Gasteiger partial charge in [-0.25, -0.2) is 4.98 Å². The zero-order valence-corrected chi connectivity index (χ0v) is 19.6. The van der Waals surface area contributed by atoms with Gasteiger partial charge in [0.1, 0.15) is 10.7 Å². The number of pyridine rings is 1. The van der Waals surface area contributed by atoms with Gasteiger partial charge in [0.15, 0.2) is 5.76 Å². The molecule has 1 aliphatic carbocycles. The molecule has 2 heterocycles. The molecule has 0 unspecified atom stereocenters. The van der Waals surface area contributed by atoms with Crippen LogP contribution in [0.25, 0.3) is 22.6 Å². The summed E-state index contributed by atoms with van der Waals surface area (Å²) in [5.74, 6) is 1.68. The lowest BCUT2D eigenvalue weighted by Gasteiger charge is -2.19. The highest BCUT2D eigenvalue weighted by atomic mass is 32.2. The van der Waals surface area contributed by atoms with E-state index in [9.17, 15) is 4.79 Å². The van der Waals surface area contributed by atoms with Crippen molar-refractivity contribution >= 4 is 23.4 Å². The SMILES string of the molecule is CCCSc1ncccc1C(=O)N(C)c1ccc(-c2onc3c2CCc2ccccc2-3)cc1. The van der Waals surface area contributed by atoms with Crippen LogP contribution in [0, 0.1) is 0 Å². The predicted molar refractivity (Wildman–Crippen MR) is 133 cm³/mol. The van der Waals surface area contributed by atoms with Crippen molar-refractivity contribution in [3.8, 4) is 22.6 Å². The second-order valence-corrected chi connectivity index (χ2v) is 9.20. The van der Waals surface area contributed by atoms with Gasteiger partial charge in [-0.15, -0.1) is 11.8 Å². The molecule has 5 rings (SSSR count). The van der Waals surface area contributed by atoms with E-state index in [1.165, 1.54) is 5.56 Å². The van der Waals surface area contributed by atoms with Gasteiger partial charge in [0, 0.05) is 35.6 Å². The summed E-state index contributed by atoms with van der Waals surface area (Å²) in [6.45, 7) is 2.12. The molecule has 33 heavy (non-hydrogen) atoms. The molecule has 1 amide bonds. The minimum atomic E-state index is -0.0666. The van der Waals surface area contributed by atoms with Crippen molar-refractivity contribution in [1.82, 2.24) is 10.1 Å². The summed E-state index contributed by atoms with van der Waals surface area (Å²) >= 11 is 1.62. The molecule has 2 aromatic carbocycles. The van der Waals surface area contributed by atoms with Crippen LogP contribution in [-0.2, 0) is 12.8 Å². The van der Waals surface area contributed by atoms with Crippen molar-refractivity contribution in [2.45, 2.75) is 31.2 Å². The maximum Gasteiger partial charge on any atom is 0.260 e. The first kappa shape index (κ1) is 21.5. The summed E-state index contributed by atoms with van der Waals surface area (Å²) in [5.41, 5.74) is 6.98. The number of carbonyl (C=O) groups is 1. The van der Waals surface area contributed by atoms with Crippen LogP contribution < -0.4 is 4.90 Å². The molecule has 2 aromatic heterocycles. The fraction of sp³-hybridized carbons (Fsp3) is 0.222. The van der Waals surface area contributed by atoms with E-state index in [1.54, 1.807) is 29.9 Å². The number of fused-ring (bicyclic) bond motifs is 3. The van der Waals surface area contributed by atoms with Crippen molar-refractivity contribution in [2.24, 2.45) is 0 Å². The second kappa shape index (κ2) is 9.24. The van der Waals surface area contributed by atoms with Crippen LogP contribution in [0.5, 0.6) is 0 Å². The Bertz CT molecular complexity index is 1300. The van der Waals surface area contributed by atoms with E-state index in [1.807, 2.05) is 42.5 Å². The number of hydrogen-bond acceptors (Lipinski definition) is 5. The van der Waals surface area contributed by atoms with E-state index in [-0.39, 0.29) is 5.91 Å². The number of aryl methyl sites for hydroxylation is 1. The van der Waals surface area contributed by atoms with Gasteiger partial charge in [-0.1, -0.05) is 36.3 Å². The first-order valence-electron chi connectivity index (χ1n) is 11.2. The summed E-state index contributed by atoms with van der Waals surface area (Å²) in [7, 11) is 1.80. The first-order chi connectivity index (χ1) is 16.2. The molecule has 0 saturated heterocycles. The van der Waals surface area contributed by atoms with Crippen molar-refractivity contribution < 1.29 is 9.32 Å². The molecule has 0 saturated carbocycles. The van der Waals surface area contributed by atoms with Gasteiger partial charge in [0.05, 0.1) is 5.56 Å².